The SMILES string of the molecule is Cc1noc(CN2CN(c3ccccc3)C3(CCN(C(=O)O)CC3)C2=O)n1. The molecular weight excluding hydrogens is 350 g/mol. The van der Waals surface area contributed by atoms with Crippen molar-refractivity contribution in [3.05, 3.63) is 42.0 Å². The molecule has 0 unspecified atom stereocenters. The van der Waals surface area contributed by atoms with Crippen molar-refractivity contribution < 1.29 is 19.2 Å². The third-order valence-corrected chi connectivity index (χ3v) is 5.34. The Hall–Kier alpha value is -3.10. The maximum Gasteiger partial charge on any atom is 0.407 e. The minimum absolute atomic E-state index is 0.0211. The minimum Gasteiger partial charge on any atom is -0.465 e. The van der Waals surface area contributed by atoms with Gasteiger partial charge in [-0.2, -0.15) is 4.98 Å². The number of likely N-dealkylation sites (tertiary alicyclic amines) is 1. The molecule has 4 rings (SSSR count). The zero-order chi connectivity index (χ0) is 19.0. The van der Waals surface area contributed by atoms with E-state index < -0.39 is 11.6 Å². The normalized spacial score (nSPS) is 19.1. The molecule has 0 radical (unpaired) electrons. The summed E-state index contributed by atoms with van der Waals surface area (Å²) in [5.41, 5.74) is 0.196. The Labute approximate surface area is 156 Å². The largest absolute Gasteiger partial charge is 0.465 e. The molecule has 2 fully saturated rings. The second kappa shape index (κ2) is 6.57. The Balaban J connectivity index is 1.63. The summed E-state index contributed by atoms with van der Waals surface area (Å²) in [6.45, 7) is 3.04. The molecule has 2 aliphatic heterocycles. The molecule has 0 aliphatic carbocycles. The van der Waals surface area contributed by atoms with Gasteiger partial charge in [0.05, 0.1) is 6.67 Å². The molecule has 142 valence electrons. The van der Waals surface area contributed by atoms with Crippen molar-refractivity contribution in [3.63, 3.8) is 0 Å². The number of amides is 2. The lowest BCUT2D eigenvalue weighted by atomic mass is 9.85. The maximum absolute atomic E-state index is 13.4. The van der Waals surface area contributed by atoms with Gasteiger partial charge in [-0.25, -0.2) is 4.79 Å². The van der Waals surface area contributed by atoms with E-state index in [2.05, 4.69) is 15.0 Å². The van der Waals surface area contributed by atoms with E-state index in [-0.39, 0.29) is 12.5 Å². The van der Waals surface area contributed by atoms with E-state index in [0.29, 0.717) is 44.3 Å². The first-order valence-corrected chi connectivity index (χ1v) is 8.89. The second-order valence-corrected chi connectivity index (χ2v) is 6.94. The lowest BCUT2D eigenvalue weighted by Crippen LogP contribution is -2.57. The number of piperidine rings is 1. The van der Waals surface area contributed by atoms with E-state index in [1.165, 1.54) is 4.90 Å². The summed E-state index contributed by atoms with van der Waals surface area (Å²) in [7, 11) is 0. The van der Waals surface area contributed by atoms with Crippen molar-refractivity contribution in [2.75, 3.05) is 24.7 Å². The van der Waals surface area contributed by atoms with Crippen molar-refractivity contribution in [1.82, 2.24) is 19.9 Å². The number of nitrogens with zero attached hydrogens (tertiary/aromatic N) is 5. The predicted molar refractivity (Wildman–Crippen MR) is 94.9 cm³/mol. The highest BCUT2D eigenvalue weighted by Gasteiger charge is 2.54. The summed E-state index contributed by atoms with van der Waals surface area (Å²) in [5.74, 6) is 0.905. The van der Waals surface area contributed by atoms with E-state index in [0.717, 1.165) is 5.69 Å². The third-order valence-electron chi connectivity index (χ3n) is 5.34. The van der Waals surface area contributed by atoms with Crippen LogP contribution in [-0.2, 0) is 11.3 Å². The fourth-order valence-corrected chi connectivity index (χ4v) is 3.96. The number of carbonyl (C=O) groups is 2. The number of anilines is 1. The topological polar surface area (TPSA) is 103 Å². The Morgan fingerprint density at radius 1 is 1.26 bits per heavy atom. The fourth-order valence-electron chi connectivity index (χ4n) is 3.96. The molecule has 2 amide bonds. The number of hydrogen-bond donors (Lipinski definition) is 1. The standard InChI is InChI=1S/C18H21N5O4/c1-13-19-15(27-20-13)11-22-12-23(14-5-3-2-4-6-14)18(16(22)24)7-9-21(10-8-18)17(25)26/h2-6H,7-12H2,1H3,(H,25,26). The van der Waals surface area contributed by atoms with Crippen molar-refractivity contribution >= 4 is 17.7 Å². The van der Waals surface area contributed by atoms with Crippen molar-refractivity contribution in [2.45, 2.75) is 31.8 Å². The van der Waals surface area contributed by atoms with Crippen LogP contribution >= 0.6 is 0 Å². The summed E-state index contributed by atoms with van der Waals surface area (Å²) in [6, 6.07) is 9.74. The average molecular weight is 371 g/mol. The Bertz CT molecular complexity index is 844. The van der Waals surface area contributed by atoms with Crippen molar-refractivity contribution in [3.8, 4) is 0 Å². The third kappa shape index (κ3) is 2.98. The average Bonchev–Trinajstić information content (AvgIpc) is 3.20. The van der Waals surface area contributed by atoms with Crippen LogP contribution in [0, 0.1) is 6.92 Å². The minimum atomic E-state index is -0.945. The van der Waals surface area contributed by atoms with Crippen LogP contribution in [0.2, 0.25) is 0 Å². The Morgan fingerprint density at radius 3 is 2.56 bits per heavy atom. The molecule has 1 N–H and O–H groups in total. The lowest BCUT2D eigenvalue weighted by molar-refractivity contribution is -0.134. The molecule has 2 aromatic rings. The van der Waals surface area contributed by atoms with Crippen LogP contribution in [-0.4, -0.2) is 62.3 Å². The smallest absolute Gasteiger partial charge is 0.407 e. The van der Waals surface area contributed by atoms with Gasteiger partial charge in [0.1, 0.15) is 12.1 Å². The number of aryl methyl sites for hydroxylation is 1. The molecule has 0 saturated carbocycles. The van der Waals surface area contributed by atoms with Gasteiger partial charge in [-0.1, -0.05) is 23.4 Å². The molecule has 9 heteroatoms. The summed E-state index contributed by atoms with van der Waals surface area (Å²) in [5, 5.41) is 13.0. The molecule has 1 spiro atoms. The molecule has 27 heavy (non-hydrogen) atoms. The predicted octanol–water partition coefficient (Wildman–Crippen LogP) is 1.70. The van der Waals surface area contributed by atoms with Gasteiger partial charge in [0.2, 0.25) is 5.89 Å². The van der Waals surface area contributed by atoms with E-state index in [1.807, 2.05) is 30.3 Å². The first-order chi connectivity index (χ1) is 13.0. The number of rotatable bonds is 3. The highest BCUT2D eigenvalue weighted by atomic mass is 16.5. The monoisotopic (exact) mass is 371 g/mol. The van der Waals surface area contributed by atoms with Crippen LogP contribution in [0.25, 0.3) is 0 Å². The Morgan fingerprint density at radius 2 is 1.96 bits per heavy atom. The molecule has 1 aromatic carbocycles. The van der Waals surface area contributed by atoms with Crippen LogP contribution in [0.15, 0.2) is 34.9 Å². The van der Waals surface area contributed by atoms with Crippen LogP contribution in [0.1, 0.15) is 24.6 Å². The van der Waals surface area contributed by atoms with E-state index in [9.17, 15) is 14.7 Å². The summed E-state index contributed by atoms with van der Waals surface area (Å²) >= 11 is 0. The summed E-state index contributed by atoms with van der Waals surface area (Å²) in [6.07, 6.45) is -0.0431. The van der Waals surface area contributed by atoms with E-state index in [1.54, 1.807) is 11.8 Å². The van der Waals surface area contributed by atoms with Crippen LogP contribution in [0.3, 0.4) is 0 Å². The number of carboxylic acid groups (broad SMARTS) is 1. The fraction of sp³-hybridized carbons (Fsp3) is 0.444. The van der Waals surface area contributed by atoms with Crippen LogP contribution < -0.4 is 4.90 Å². The van der Waals surface area contributed by atoms with Gasteiger partial charge in [0, 0.05) is 18.8 Å². The van der Waals surface area contributed by atoms with Gasteiger partial charge in [-0.3, -0.25) is 4.79 Å². The molecule has 1 aromatic heterocycles. The summed E-state index contributed by atoms with van der Waals surface area (Å²) < 4.78 is 5.18. The number of hydrogen-bond acceptors (Lipinski definition) is 6. The van der Waals surface area contributed by atoms with Crippen LogP contribution in [0.4, 0.5) is 10.5 Å². The quantitative estimate of drug-likeness (QED) is 0.876. The van der Waals surface area contributed by atoms with Gasteiger partial charge >= 0.3 is 6.09 Å². The molecule has 3 heterocycles. The van der Waals surface area contributed by atoms with E-state index in [4.69, 9.17) is 4.52 Å². The van der Waals surface area contributed by atoms with Crippen LogP contribution in [0.5, 0.6) is 0 Å². The summed E-state index contributed by atoms with van der Waals surface area (Å²) in [4.78, 5) is 34.0. The molecule has 0 bridgehead atoms. The highest BCUT2D eigenvalue weighted by Crippen LogP contribution is 2.39. The Kier molecular flexibility index (Phi) is 4.21. The highest BCUT2D eigenvalue weighted by molar-refractivity contribution is 5.93. The van der Waals surface area contributed by atoms with Gasteiger partial charge < -0.3 is 24.3 Å². The van der Waals surface area contributed by atoms with Gasteiger partial charge in [0.15, 0.2) is 5.82 Å². The molecule has 2 saturated heterocycles. The zero-order valence-corrected chi connectivity index (χ0v) is 15.0. The first-order valence-electron chi connectivity index (χ1n) is 8.89. The molecule has 0 atom stereocenters. The number of para-hydroxylation sites is 1. The second-order valence-electron chi connectivity index (χ2n) is 6.94. The van der Waals surface area contributed by atoms with Crippen molar-refractivity contribution in [1.29, 1.82) is 0 Å². The van der Waals surface area contributed by atoms with Crippen molar-refractivity contribution in [2.24, 2.45) is 0 Å². The lowest BCUT2D eigenvalue weighted by Gasteiger charge is -2.42. The first kappa shape index (κ1) is 17.3. The number of aromatic nitrogens is 2. The zero-order valence-electron chi connectivity index (χ0n) is 15.0. The molecular formula is C18H21N5O4. The number of benzene rings is 1. The molecule has 2 aliphatic rings. The number of carbonyl (C=O) groups excluding carboxylic acids is 1. The van der Waals surface area contributed by atoms with Gasteiger partial charge in [-0.05, 0) is 31.9 Å². The molecule has 9 nitrogen and oxygen atoms in total. The van der Waals surface area contributed by atoms with Gasteiger partial charge in [-0.15, -0.1) is 0 Å². The maximum atomic E-state index is 13.4. The van der Waals surface area contributed by atoms with E-state index >= 15 is 0 Å². The van der Waals surface area contributed by atoms with Gasteiger partial charge in [0.25, 0.3) is 5.91 Å².